The van der Waals surface area contributed by atoms with Crippen molar-refractivity contribution in [2.45, 2.75) is 44.0 Å². The highest BCUT2D eigenvalue weighted by atomic mass is 32.2. The average Bonchev–Trinajstić information content (AvgIpc) is 2.65. The van der Waals surface area contributed by atoms with E-state index < -0.39 is 15.9 Å². The van der Waals surface area contributed by atoms with E-state index in [1.165, 1.54) is 4.31 Å². The second-order valence-electron chi connectivity index (χ2n) is 6.42. The molecule has 0 spiro atoms. The van der Waals surface area contributed by atoms with Crippen molar-refractivity contribution in [1.29, 1.82) is 0 Å². The number of hydrogen-bond donors (Lipinski definition) is 1. The molecule has 2 N–H and O–H groups in total. The van der Waals surface area contributed by atoms with Crippen molar-refractivity contribution < 1.29 is 13.2 Å². The number of benzene rings is 2. The van der Waals surface area contributed by atoms with Gasteiger partial charge in [0.25, 0.3) is 0 Å². The number of nitrogens with zero attached hydrogens (tertiary/aromatic N) is 1. The van der Waals surface area contributed by atoms with Crippen molar-refractivity contribution in [2.75, 3.05) is 6.54 Å². The van der Waals surface area contributed by atoms with Gasteiger partial charge in [0.2, 0.25) is 15.9 Å². The molecule has 0 fully saturated rings. The molecule has 0 saturated heterocycles. The zero-order chi connectivity index (χ0) is 19.2. The first-order valence-corrected chi connectivity index (χ1v) is 10.2. The van der Waals surface area contributed by atoms with Crippen molar-refractivity contribution in [1.82, 2.24) is 4.31 Å². The van der Waals surface area contributed by atoms with Gasteiger partial charge in [-0.1, -0.05) is 56.3 Å². The van der Waals surface area contributed by atoms with Gasteiger partial charge in [0.05, 0.1) is 4.90 Å². The Hall–Kier alpha value is -2.18. The molecule has 0 aromatic heterocycles. The molecule has 0 bridgehead atoms. The zero-order valence-corrected chi connectivity index (χ0v) is 16.1. The number of carbonyl (C=O) groups is 1. The fourth-order valence-corrected chi connectivity index (χ4v) is 4.09. The van der Waals surface area contributed by atoms with E-state index in [2.05, 4.69) is 13.8 Å². The summed E-state index contributed by atoms with van der Waals surface area (Å²) >= 11 is 0. The van der Waals surface area contributed by atoms with Crippen LogP contribution in [0.5, 0.6) is 0 Å². The van der Waals surface area contributed by atoms with Crippen molar-refractivity contribution >= 4 is 15.9 Å². The van der Waals surface area contributed by atoms with Gasteiger partial charge in [0.1, 0.15) is 0 Å². The summed E-state index contributed by atoms with van der Waals surface area (Å²) in [6.45, 7) is 4.46. The van der Waals surface area contributed by atoms with Gasteiger partial charge in [0, 0.05) is 19.5 Å². The van der Waals surface area contributed by atoms with Crippen LogP contribution in [0.25, 0.3) is 0 Å². The standard InChI is InChI=1S/C20H26N2O3S/c1-3-16(2)18-9-11-19(12-10-18)26(24,25)22(14-13-20(21)23)15-17-7-5-4-6-8-17/h4-12,16H,3,13-15H2,1-2H3,(H2,21,23). The largest absolute Gasteiger partial charge is 0.370 e. The maximum absolute atomic E-state index is 13.1. The smallest absolute Gasteiger partial charge is 0.243 e. The summed E-state index contributed by atoms with van der Waals surface area (Å²) in [7, 11) is -3.72. The van der Waals surface area contributed by atoms with Gasteiger partial charge in [-0.25, -0.2) is 8.42 Å². The zero-order valence-electron chi connectivity index (χ0n) is 15.3. The van der Waals surface area contributed by atoms with E-state index in [9.17, 15) is 13.2 Å². The third-order valence-corrected chi connectivity index (χ3v) is 6.37. The summed E-state index contributed by atoms with van der Waals surface area (Å²) in [5.74, 6) is -0.146. The predicted molar refractivity (Wildman–Crippen MR) is 103 cm³/mol. The number of nitrogens with two attached hydrogens (primary N) is 1. The third-order valence-electron chi connectivity index (χ3n) is 4.51. The molecular weight excluding hydrogens is 348 g/mol. The van der Waals surface area contributed by atoms with Crippen molar-refractivity contribution in [2.24, 2.45) is 5.73 Å². The average molecular weight is 375 g/mol. The van der Waals surface area contributed by atoms with E-state index in [1.54, 1.807) is 12.1 Å². The van der Waals surface area contributed by atoms with Crippen LogP contribution in [0.15, 0.2) is 59.5 Å². The van der Waals surface area contributed by atoms with Crippen LogP contribution in [0.4, 0.5) is 0 Å². The van der Waals surface area contributed by atoms with Gasteiger partial charge < -0.3 is 5.73 Å². The number of carbonyl (C=O) groups excluding carboxylic acids is 1. The molecule has 140 valence electrons. The first kappa shape index (κ1) is 20.1. The molecule has 2 rings (SSSR count). The Kier molecular flexibility index (Phi) is 6.94. The second-order valence-corrected chi connectivity index (χ2v) is 8.36. The first-order valence-electron chi connectivity index (χ1n) is 8.77. The third kappa shape index (κ3) is 5.16. The number of amides is 1. The molecule has 1 atom stereocenters. The Labute approximate surface area is 155 Å². The molecule has 5 nitrogen and oxygen atoms in total. The number of rotatable bonds is 9. The fourth-order valence-electron chi connectivity index (χ4n) is 2.66. The van der Waals surface area contributed by atoms with Crippen molar-refractivity contribution in [3.8, 4) is 0 Å². The summed E-state index contributed by atoms with van der Waals surface area (Å²) in [5, 5.41) is 0. The molecule has 6 heteroatoms. The summed E-state index contributed by atoms with van der Waals surface area (Å²) in [5.41, 5.74) is 7.19. The van der Waals surface area contributed by atoms with Crippen LogP contribution >= 0.6 is 0 Å². The van der Waals surface area contributed by atoms with Crippen molar-refractivity contribution in [3.05, 3.63) is 65.7 Å². The lowest BCUT2D eigenvalue weighted by Gasteiger charge is -2.22. The Bertz CT molecular complexity index is 818. The Morgan fingerprint density at radius 1 is 1.08 bits per heavy atom. The number of hydrogen-bond acceptors (Lipinski definition) is 3. The van der Waals surface area contributed by atoms with Gasteiger partial charge >= 0.3 is 0 Å². The molecule has 1 unspecified atom stereocenters. The summed E-state index contributed by atoms with van der Waals surface area (Å²) in [6.07, 6.45) is 0.974. The normalized spacial score (nSPS) is 12.9. The lowest BCUT2D eigenvalue weighted by molar-refractivity contribution is -0.118. The van der Waals surface area contributed by atoms with Crippen LogP contribution in [0, 0.1) is 0 Å². The molecule has 0 aliphatic heterocycles. The van der Waals surface area contributed by atoms with E-state index in [0.29, 0.717) is 5.92 Å². The van der Waals surface area contributed by atoms with E-state index in [0.717, 1.165) is 17.5 Å². The molecule has 2 aromatic rings. The minimum Gasteiger partial charge on any atom is -0.370 e. The SMILES string of the molecule is CCC(C)c1ccc(S(=O)(=O)N(CCC(N)=O)Cc2ccccc2)cc1. The summed E-state index contributed by atoms with van der Waals surface area (Å²) in [4.78, 5) is 11.4. The van der Waals surface area contributed by atoms with Crippen LogP contribution < -0.4 is 5.73 Å². The molecule has 26 heavy (non-hydrogen) atoms. The summed E-state index contributed by atoms with van der Waals surface area (Å²) in [6, 6.07) is 16.3. The van der Waals surface area contributed by atoms with E-state index >= 15 is 0 Å². The Balaban J connectivity index is 2.30. The molecule has 0 saturated carbocycles. The number of sulfonamides is 1. The van der Waals surface area contributed by atoms with Gasteiger partial charge in [-0.15, -0.1) is 0 Å². The van der Waals surface area contributed by atoms with Gasteiger partial charge in [-0.3, -0.25) is 4.79 Å². The van der Waals surface area contributed by atoms with Crippen molar-refractivity contribution in [3.63, 3.8) is 0 Å². The van der Waals surface area contributed by atoms with Crippen LogP contribution in [0.1, 0.15) is 43.7 Å². The number of primary amides is 1. The van der Waals surface area contributed by atoms with Gasteiger partial charge in [-0.05, 0) is 35.6 Å². The maximum atomic E-state index is 13.1. The van der Waals surface area contributed by atoms with Crippen LogP contribution in [-0.4, -0.2) is 25.2 Å². The molecule has 0 radical (unpaired) electrons. The van der Waals surface area contributed by atoms with Crippen LogP contribution in [0.2, 0.25) is 0 Å². The van der Waals surface area contributed by atoms with Crippen LogP contribution in [0.3, 0.4) is 0 Å². The topological polar surface area (TPSA) is 80.5 Å². The minimum absolute atomic E-state index is 0.0168. The maximum Gasteiger partial charge on any atom is 0.243 e. The quantitative estimate of drug-likeness (QED) is 0.731. The minimum atomic E-state index is -3.72. The monoisotopic (exact) mass is 374 g/mol. The molecular formula is C20H26N2O3S. The lowest BCUT2D eigenvalue weighted by atomic mass is 9.99. The lowest BCUT2D eigenvalue weighted by Crippen LogP contribution is -2.33. The molecule has 0 heterocycles. The summed E-state index contributed by atoms with van der Waals surface area (Å²) < 4.78 is 27.5. The Morgan fingerprint density at radius 2 is 1.69 bits per heavy atom. The fraction of sp³-hybridized carbons (Fsp3) is 0.350. The molecule has 2 aromatic carbocycles. The van der Waals surface area contributed by atoms with E-state index in [-0.39, 0.29) is 24.4 Å². The second kappa shape index (κ2) is 8.96. The highest BCUT2D eigenvalue weighted by Gasteiger charge is 2.25. The first-order chi connectivity index (χ1) is 12.3. The highest BCUT2D eigenvalue weighted by Crippen LogP contribution is 2.23. The Morgan fingerprint density at radius 3 is 2.23 bits per heavy atom. The highest BCUT2D eigenvalue weighted by molar-refractivity contribution is 7.89. The van der Waals surface area contributed by atoms with E-state index in [4.69, 9.17) is 5.73 Å². The van der Waals surface area contributed by atoms with Gasteiger partial charge in [-0.2, -0.15) is 4.31 Å². The predicted octanol–water partition coefficient (Wildman–Crippen LogP) is 3.27. The molecule has 1 amide bonds. The van der Waals surface area contributed by atoms with Crippen LogP contribution in [-0.2, 0) is 21.4 Å². The van der Waals surface area contributed by atoms with Gasteiger partial charge in [0.15, 0.2) is 0 Å². The van der Waals surface area contributed by atoms with E-state index in [1.807, 2.05) is 42.5 Å². The molecule has 0 aliphatic carbocycles. The molecule has 0 aliphatic rings.